The molecule has 0 radical (unpaired) electrons. The van der Waals surface area contributed by atoms with Gasteiger partial charge in [0.2, 0.25) is 5.16 Å². The number of fused-ring (bicyclic) bond motifs is 1. The molecule has 1 aromatic carbocycles. The van der Waals surface area contributed by atoms with Crippen molar-refractivity contribution in [3.8, 4) is 10.6 Å². The van der Waals surface area contributed by atoms with E-state index in [9.17, 15) is 18.0 Å². The Labute approximate surface area is 176 Å². The molecule has 8 nitrogen and oxygen atoms in total. The first-order valence-electron chi connectivity index (χ1n) is 7.44. The van der Waals surface area contributed by atoms with Gasteiger partial charge in [-0.3, -0.25) is 4.79 Å². The molecule has 0 aliphatic rings. The van der Waals surface area contributed by atoms with Gasteiger partial charge in [-0.2, -0.15) is 13.2 Å². The predicted molar refractivity (Wildman–Crippen MR) is 103 cm³/mol. The molecule has 0 saturated carbocycles. The number of aromatic nitrogens is 6. The lowest BCUT2D eigenvalue weighted by molar-refractivity contribution is -0.146. The highest BCUT2D eigenvalue weighted by Gasteiger charge is 2.38. The van der Waals surface area contributed by atoms with Crippen molar-refractivity contribution in [3.05, 3.63) is 43.9 Å². The molecule has 0 aliphatic carbocycles. The molecule has 0 fully saturated rings. The minimum Gasteiger partial charge on any atom is -0.335 e. The molecule has 4 rings (SSSR count). The number of aromatic amines is 1. The molecule has 3 heterocycles. The highest BCUT2D eigenvalue weighted by Crippen LogP contribution is 2.37. The van der Waals surface area contributed by atoms with Crippen LogP contribution in [-0.2, 0) is 6.18 Å². The van der Waals surface area contributed by atoms with E-state index in [0.717, 1.165) is 11.3 Å². The summed E-state index contributed by atoms with van der Waals surface area (Å²) in [6, 6.07) is 2.96. The Balaban J connectivity index is 1.89. The number of alkyl halides is 3. The second-order valence-electron chi connectivity index (χ2n) is 5.45. The van der Waals surface area contributed by atoms with Crippen LogP contribution in [0.1, 0.15) is 5.82 Å². The molecule has 150 valence electrons. The molecule has 4 aromatic rings. The number of nitrogen functional groups attached to an aromatic ring is 1. The van der Waals surface area contributed by atoms with Gasteiger partial charge in [0.05, 0.1) is 26.0 Å². The standard InChI is InChI=1S/C14H6Cl2F3N7OS2/c15-4-1-6-7(2-5(4)16)23-10(9(22-6)8-3-21-13(27)28-8)29-12-25-24-11(26(12)20)14(17,18)19/h1-3H,20H2,(H,21,27). The molecule has 0 amide bonds. The van der Waals surface area contributed by atoms with E-state index >= 15 is 0 Å². The van der Waals surface area contributed by atoms with E-state index in [0.29, 0.717) is 32.3 Å². The first-order valence-corrected chi connectivity index (χ1v) is 9.83. The monoisotopic (exact) mass is 479 g/mol. The molecule has 29 heavy (non-hydrogen) atoms. The number of H-pyrrole nitrogens is 1. The van der Waals surface area contributed by atoms with Crippen LogP contribution in [0.5, 0.6) is 0 Å². The lowest BCUT2D eigenvalue weighted by Gasteiger charge is -2.09. The Hall–Kier alpha value is -2.35. The van der Waals surface area contributed by atoms with Crippen molar-refractivity contribution in [1.82, 2.24) is 29.8 Å². The van der Waals surface area contributed by atoms with Gasteiger partial charge in [0.1, 0.15) is 10.7 Å². The highest BCUT2D eigenvalue weighted by atomic mass is 35.5. The number of nitrogens with one attached hydrogen (secondary N) is 1. The summed E-state index contributed by atoms with van der Waals surface area (Å²) < 4.78 is 39.1. The van der Waals surface area contributed by atoms with E-state index in [4.69, 9.17) is 29.0 Å². The van der Waals surface area contributed by atoms with Crippen LogP contribution in [0.3, 0.4) is 0 Å². The summed E-state index contributed by atoms with van der Waals surface area (Å²) in [6.45, 7) is 0. The molecule has 3 N–H and O–H groups in total. The molecule has 0 spiro atoms. The number of rotatable bonds is 3. The summed E-state index contributed by atoms with van der Waals surface area (Å²) in [5.41, 5.74) is 0.957. The number of nitrogens with zero attached hydrogens (tertiary/aromatic N) is 5. The first-order chi connectivity index (χ1) is 13.6. The lowest BCUT2D eigenvalue weighted by Crippen LogP contribution is -2.21. The zero-order valence-electron chi connectivity index (χ0n) is 13.7. The molecular weight excluding hydrogens is 474 g/mol. The van der Waals surface area contributed by atoms with Gasteiger partial charge >= 0.3 is 11.0 Å². The maximum Gasteiger partial charge on any atom is 0.453 e. The van der Waals surface area contributed by atoms with Crippen LogP contribution in [-0.4, -0.2) is 29.8 Å². The van der Waals surface area contributed by atoms with Crippen molar-refractivity contribution in [3.63, 3.8) is 0 Å². The van der Waals surface area contributed by atoms with Gasteiger partial charge in [-0.1, -0.05) is 34.5 Å². The summed E-state index contributed by atoms with van der Waals surface area (Å²) >= 11 is 13.6. The molecule has 0 saturated heterocycles. The second kappa shape index (κ2) is 7.16. The number of benzene rings is 1. The van der Waals surface area contributed by atoms with Crippen molar-refractivity contribution in [2.75, 3.05) is 5.84 Å². The zero-order valence-corrected chi connectivity index (χ0v) is 16.8. The number of halogens is 5. The summed E-state index contributed by atoms with van der Waals surface area (Å²) in [7, 11) is 0. The number of nitrogens with two attached hydrogens (primary N) is 1. The number of thiazole rings is 1. The largest absolute Gasteiger partial charge is 0.453 e. The van der Waals surface area contributed by atoms with Crippen LogP contribution < -0.4 is 10.7 Å². The van der Waals surface area contributed by atoms with Crippen molar-refractivity contribution < 1.29 is 13.2 Å². The van der Waals surface area contributed by atoms with Crippen molar-refractivity contribution in [2.45, 2.75) is 16.4 Å². The zero-order chi connectivity index (χ0) is 20.9. The molecule has 0 atom stereocenters. The van der Waals surface area contributed by atoms with E-state index in [2.05, 4.69) is 25.1 Å². The molecule has 3 aromatic heterocycles. The minimum absolute atomic E-state index is 0.152. The van der Waals surface area contributed by atoms with E-state index in [1.807, 2.05) is 0 Å². The van der Waals surface area contributed by atoms with Gasteiger partial charge in [-0.25, -0.2) is 14.6 Å². The maximum atomic E-state index is 12.9. The Morgan fingerprint density at radius 2 is 1.79 bits per heavy atom. The average Bonchev–Trinajstić information content (AvgIpc) is 3.22. The Morgan fingerprint density at radius 1 is 1.14 bits per heavy atom. The maximum absolute atomic E-state index is 12.9. The third-order valence-corrected chi connectivity index (χ3v) is 6.03. The number of hydrogen-bond acceptors (Lipinski definition) is 8. The highest BCUT2D eigenvalue weighted by molar-refractivity contribution is 7.99. The summed E-state index contributed by atoms with van der Waals surface area (Å²) in [5.74, 6) is 4.13. The van der Waals surface area contributed by atoms with Gasteiger partial charge in [-0.05, 0) is 23.9 Å². The van der Waals surface area contributed by atoms with Crippen LogP contribution in [0, 0.1) is 0 Å². The van der Waals surface area contributed by atoms with Crippen molar-refractivity contribution in [2.24, 2.45) is 0 Å². The smallest absolute Gasteiger partial charge is 0.335 e. The van der Waals surface area contributed by atoms with Gasteiger partial charge < -0.3 is 10.8 Å². The molecule has 0 unspecified atom stereocenters. The molecular formula is C14H6Cl2F3N7OS2. The second-order valence-corrected chi connectivity index (χ2v) is 8.24. The third-order valence-electron chi connectivity index (χ3n) is 3.54. The Bertz CT molecular complexity index is 1300. The molecule has 0 aliphatic heterocycles. The molecule has 15 heteroatoms. The number of hydrogen-bond donors (Lipinski definition) is 2. The Morgan fingerprint density at radius 3 is 2.34 bits per heavy atom. The third kappa shape index (κ3) is 3.77. The fourth-order valence-corrected chi connectivity index (χ4v) is 4.18. The fourth-order valence-electron chi connectivity index (χ4n) is 2.29. The SMILES string of the molecule is Nn1c(Sc2nc3cc(Cl)c(Cl)cc3nc2-c2c[nH]c(=O)s2)nnc1C(F)(F)F. The van der Waals surface area contributed by atoms with Crippen LogP contribution >= 0.6 is 46.3 Å². The normalized spacial score (nSPS) is 12.0. The van der Waals surface area contributed by atoms with Crippen molar-refractivity contribution in [1.29, 1.82) is 0 Å². The predicted octanol–water partition coefficient (Wildman–Crippen LogP) is 3.83. The Kier molecular flexibility index (Phi) is 4.93. The summed E-state index contributed by atoms with van der Waals surface area (Å²) in [5, 5.41) is 6.92. The van der Waals surface area contributed by atoms with E-state index < -0.39 is 12.0 Å². The van der Waals surface area contributed by atoms with Gasteiger partial charge in [0, 0.05) is 6.20 Å². The van der Waals surface area contributed by atoms with Crippen molar-refractivity contribution >= 4 is 57.3 Å². The van der Waals surface area contributed by atoms with Gasteiger partial charge in [0.15, 0.2) is 0 Å². The van der Waals surface area contributed by atoms with Gasteiger partial charge in [0.25, 0.3) is 5.82 Å². The van der Waals surface area contributed by atoms with Gasteiger partial charge in [-0.15, -0.1) is 10.2 Å². The summed E-state index contributed by atoms with van der Waals surface area (Å²) in [4.78, 5) is 23.0. The van der Waals surface area contributed by atoms with Crippen LogP contribution in [0.2, 0.25) is 10.0 Å². The summed E-state index contributed by atoms with van der Waals surface area (Å²) in [6.07, 6.45) is -3.36. The van der Waals surface area contributed by atoms with E-state index in [1.165, 1.54) is 18.3 Å². The van der Waals surface area contributed by atoms with Crippen LogP contribution in [0.15, 0.2) is 33.3 Å². The average molecular weight is 480 g/mol. The van der Waals surface area contributed by atoms with E-state index in [-0.39, 0.29) is 30.8 Å². The fraction of sp³-hybridized carbons (Fsp3) is 0.0714. The first kappa shape index (κ1) is 19.9. The molecule has 0 bridgehead atoms. The minimum atomic E-state index is -4.77. The van der Waals surface area contributed by atoms with E-state index in [1.54, 1.807) is 0 Å². The quantitative estimate of drug-likeness (QED) is 0.429. The van der Waals surface area contributed by atoms with Crippen LogP contribution in [0.4, 0.5) is 13.2 Å². The lowest BCUT2D eigenvalue weighted by atomic mass is 10.3. The van der Waals surface area contributed by atoms with Crippen LogP contribution in [0.25, 0.3) is 21.6 Å². The topological polar surface area (TPSA) is 115 Å².